The van der Waals surface area contributed by atoms with Gasteiger partial charge < -0.3 is 15.0 Å². The smallest absolute Gasteiger partial charge is 0.241 e. The summed E-state index contributed by atoms with van der Waals surface area (Å²) in [6.45, 7) is 4.31. The van der Waals surface area contributed by atoms with Crippen molar-refractivity contribution in [1.82, 2.24) is 14.6 Å². The number of aryl methyl sites for hydroxylation is 2. The predicted molar refractivity (Wildman–Crippen MR) is 117 cm³/mol. The number of benzene rings is 2. The average molecular weight is 430 g/mol. The number of fused-ring (bicyclic) bond motifs is 1. The summed E-state index contributed by atoms with van der Waals surface area (Å²) in [5.74, 6) is -0.557. The minimum atomic E-state index is -3.93. The summed E-state index contributed by atoms with van der Waals surface area (Å²) in [4.78, 5) is 12.6. The fourth-order valence-corrected chi connectivity index (χ4v) is 4.50. The summed E-state index contributed by atoms with van der Waals surface area (Å²) < 4.78 is 29.6. The maximum Gasteiger partial charge on any atom is 0.241 e. The van der Waals surface area contributed by atoms with Gasteiger partial charge in [0, 0.05) is 24.8 Å². The third-order valence-electron chi connectivity index (χ3n) is 4.93. The summed E-state index contributed by atoms with van der Waals surface area (Å²) in [5, 5.41) is 13.8. The van der Waals surface area contributed by atoms with Crippen molar-refractivity contribution in [3.05, 3.63) is 66.4 Å². The lowest BCUT2D eigenvalue weighted by Crippen LogP contribution is -2.52. The summed E-state index contributed by atoms with van der Waals surface area (Å²) in [7, 11) is -3.93. The zero-order valence-electron chi connectivity index (χ0n) is 17.1. The third kappa shape index (κ3) is 5.27. The summed E-state index contributed by atoms with van der Waals surface area (Å²) in [6.07, 6.45) is 1.49. The summed E-state index contributed by atoms with van der Waals surface area (Å²) in [5.41, 5.74) is 2.05. The van der Waals surface area contributed by atoms with Crippen LogP contribution in [0.25, 0.3) is 10.9 Å². The van der Waals surface area contributed by atoms with Crippen LogP contribution in [-0.2, 0) is 21.4 Å². The number of aromatic nitrogens is 1. The van der Waals surface area contributed by atoms with Gasteiger partial charge in [-0.05, 0) is 49.9 Å². The first kappa shape index (κ1) is 22.0. The molecule has 0 saturated heterocycles. The van der Waals surface area contributed by atoms with Gasteiger partial charge in [0.05, 0.1) is 11.0 Å². The van der Waals surface area contributed by atoms with E-state index >= 15 is 0 Å². The average Bonchev–Trinajstić information content (AvgIpc) is 3.12. The van der Waals surface area contributed by atoms with Gasteiger partial charge in [-0.2, -0.15) is 4.72 Å². The van der Waals surface area contributed by atoms with Crippen molar-refractivity contribution in [3.63, 3.8) is 0 Å². The molecule has 0 aliphatic rings. The van der Waals surface area contributed by atoms with Gasteiger partial charge in [0.2, 0.25) is 15.9 Å². The number of aliphatic hydroxyl groups excluding tert-OH is 1. The molecule has 2 atom stereocenters. The van der Waals surface area contributed by atoms with E-state index in [0.717, 1.165) is 16.5 Å². The Bertz CT molecular complexity index is 1100. The minimum Gasteiger partial charge on any atom is -0.391 e. The maximum atomic E-state index is 12.6. The number of hydrogen-bond donors (Lipinski definition) is 3. The van der Waals surface area contributed by atoms with E-state index in [4.69, 9.17) is 0 Å². The molecule has 160 valence electrons. The Morgan fingerprint density at radius 3 is 2.50 bits per heavy atom. The SMILES string of the molecule is Cc1ccc(S(=O)(=O)NC(C(=O)NCCCn2ccc3ccccc32)C(C)O)cc1. The summed E-state index contributed by atoms with van der Waals surface area (Å²) >= 11 is 0. The third-order valence-corrected chi connectivity index (χ3v) is 6.39. The molecule has 3 aromatic rings. The molecule has 2 unspecified atom stereocenters. The lowest BCUT2D eigenvalue weighted by molar-refractivity contribution is -0.124. The molecule has 7 nitrogen and oxygen atoms in total. The fraction of sp³-hybridized carbons (Fsp3) is 0.318. The highest BCUT2D eigenvalue weighted by Crippen LogP contribution is 2.15. The highest BCUT2D eigenvalue weighted by atomic mass is 32.2. The number of para-hydroxylation sites is 1. The van der Waals surface area contributed by atoms with Gasteiger partial charge in [0.25, 0.3) is 0 Å². The molecule has 3 N–H and O–H groups in total. The maximum absolute atomic E-state index is 12.6. The van der Waals surface area contributed by atoms with Crippen LogP contribution in [-0.4, -0.2) is 42.7 Å². The number of aliphatic hydroxyl groups is 1. The van der Waals surface area contributed by atoms with Gasteiger partial charge in [-0.25, -0.2) is 8.42 Å². The van der Waals surface area contributed by atoms with Gasteiger partial charge in [0.15, 0.2) is 0 Å². The largest absolute Gasteiger partial charge is 0.391 e. The Morgan fingerprint density at radius 1 is 1.10 bits per heavy atom. The van der Waals surface area contributed by atoms with Crippen molar-refractivity contribution < 1.29 is 18.3 Å². The zero-order chi connectivity index (χ0) is 21.7. The molecule has 0 fully saturated rings. The fourth-order valence-electron chi connectivity index (χ4n) is 3.23. The first-order valence-electron chi connectivity index (χ1n) is 9.86. The molecule has 0 radical (unpaired) electrons. The standard InChI is InChI=1S/C22H27N3O4S/c1-16-8-10-19(11-9-16)30(28,29)24-21(17(2)26)22(27)23-13-5-14-25-15-12-18-6-3-4-7-20(18)25/h3-4,6-12,15,17,21,24,26H,5,13-14H2,1-2H3,(H,23,27). The van der Waals surface area contributed by atoms with Crippen molar-refractivity contribution in [1.29, 1.82) is 0 Å². The molecule has 2 aromatic carbocycles. The quantitative estimate of drug-likeness (QED) is 0.454. The van der Waals surface area contributed by atoms with E-state index in [1.807, 2.05) is 43.5 Å². The van der Waals surface area contributed by atoms with E-state index in [1.54, 1.807) is 12.1 Å². The van der Waals surface area contributed by atoms with E-state index in [-0.39, 0.29) is 4.90 Å². The van der Waals surface area contributed by atoms with Crippen molar-refractivity contribution >= 4 is 26.8 Å². The Morgan fingerprint density at radius 2 is 1.80 bits per heavy atom. The molecular weight excluding hydrogens is 402 g/mol. The highest BCUT2D eigenvalue weighted by Gasteiger charge is 2.29. The van der Waals surface area contributed by atoms with Crippen LogP contribution in [0.3, 0.4) is 0 Å². The lowest BCUT2D eigenvalue weighted by Gasteiger charge is -2.21. The van der Waals surface area contributed by atoms with Crippen LogP contribution in [0.5, 0.6) is 0 Å². The minimum absolute atomic E-state index is 0.0473. The first-order chi connectivity index (χ1) is 14.3. The first-order valence-corrected chi connectivity index (χ1v) is 11.3. The van der Waals surface area contributed by atoms with Gasteiger partial charge in [-0.1, -0.05) is 35.9 Å². The van der Waals surface area contributed by atoms with Crippen molar-refractivity contribution in [3.8, 4) is 0 Å². The van der Waals surface area contributed by atoms with Crippen LogP contribution < -0.4 is 10.0 Å². The Balaban J connectivity index is 1.57. The van der Waals surface area contributed by atoms with E-state index in [2.05, 4.69) is 14.6 Å². The molecule has 1 amide bonds. The van der Waals surface area contributed by atoms with E-state index in [0.29, 0.717) is 19.5 Å². The monoisotopic (exact) mass is 429 g/mol. The van der Waals surface area contributed by atoms with Crippen molar-refractivity contribution in [2.75, 3.05) is 6.54 Å². The van der Waals surface area contributed by atoms with Crippen LogP contribution in [0, 0.1) is 6.92 Å². The van der Waals surface area contributed by atoms with Gasteiger partial charge in [-0.15, -0.1) is 0 Å². The van der Waals surface area contributed by atoms with Crippen LogP contribution >= 0.6 is 0 Å². The summed E-state index contributed by atoms with van der Waals surface area (Å²) in [6, 6.07) is 15.1. The zero-order valence-corrected chi connectivity index (χ0v) is 17.9. The number of nitrogens with zero attached hydrogens (tertiary/aromatic N) is 1. The van der Waals surface area contributed by atoms with Crippen molar-refractivity contribution in [2.45, 2.75) is 43.9 Å². The number of carbonyl (C=O) groups excluding carboxylic acids is 1. The Labute approximate surface area is 176 Å². The number of carbonyl (C=O) groups is 1. The second-order valence-corrected chi connectivity index (χ2v) is 9.08. The van der Waals surface area contributed by atoms with E-state index in [9.17, 15) is 18.3 Å². The number of nitrogens with one attached hydrogen (secondary N) is 2. The molecule has 0 aliphatic carbocycles. The van der Waals surface area contributed by atoms with E-state index < -0.39 is 28.1 Å². The Kier molecular flexibility index (Phi) is 6.91. The predicted octanol–water partition coefficient (Wildman–Crippen LogP) is 2.18. The molecule has 1 heterocycles. The highest BCUT2D eigenvalue weighted by molar-refractivity contribution is 7.89. The van der Waals surface area contributed by atoms with Crippen LogP contribution in [0.4, 0.5) is 0 Å². The molecule has 0 aliphatic heterocycles. The number of hydrogen-bond acceptors (Lipinski definition) is 4. The molecule has 3 rings (SSSR count). The van der Waals surface area contributed by atoms with Crippen LogP contribution in [0.15, 0.2) is 65.7 Å². The van der Waals surface area contributed by atoms with Crippen LogP contribution in [0.2, 0.25) is 0 Å². The van der Waals surface area contributed by atoms with Gasteiger partial charge >= 0.3 is 0 Å². The van der Waals surface area contributed by atoms with Crippen molar-refractivity contribution in [2.24, 2.45) is 0 Å². The normalized spacial score (nSPS) is 13.8. The molecule has 0 spiro atoms. The Hall–Kier alpha value is -2.68. The molecule has 0 bridgehead atoms. The van der Waals surface area contributed by atoms with Gasteiger partial charge in [-0.3, -0.25) is 4.79 Å². The number of amides is 1. The molecular formula is C22H27N3O4S. The molecule has 0 saturated carbocycles. The lowest BCUT2D eigenvalue weighted by atomic mass is 10.2. The molecule has 8 heteroatoms. The van der Waals surface area contributed by atoms with Gasteiger partial charge in [0.1, 0.15) is 6.04 Å². The second kappa shape index (κ2) is 9.42. The van der Waals surface area contributed by atoms with E-state index in [1.165, 1.54) is 19.1 Å². The second-order valence-electron chi connectivity index (χ2n) is 7.37. The number of sulfonamides is 1. The molecule has 1 aromatic heterocycles. The van der Waals surface area contributed by atoms with Crippen LogP contribution in [0.1, 0.15) is 18.9 Å². The number of rotatable bonds is 9. The topological polar surface area (TPSA) is 100 Å². The molecule has 30 heavy (non-hydrogen) atoms.